The summed E-state index contributed by atoms with van der Waals surface area (Å²) in [6, 6.07) is 14.7. The highest BCUT2D eigenvalue weighted by Crippen LogP contribution is 2.23. The van der Waals surface area contributed by atoms with Crippen LogP contribution in [-0.4, -0.2) is 8.42 Å². The molecular formula is C17H21NO2S. The van der Waals surface area contributed by atoms with Crippen LogP contribution in [0.3, 0.4) is 0 Å². The minimum atomic E-state index is -3.54. The normalized spacial score (nSPS) is 12.4. The van der Waals surface area contributed by atoms with Crippen molar-refractivity contribution in [2.75, 3.05) is 0 Å². The Hall–Kier alpha value is -1.65. The number of aryl methyl sites for hydroxylation is 2. The van der Waals surface area contributed by atoms with E-state index >= 15 is 0 Å². The summed E-state index contributed by atoms with van der Waals surface area (Å²) in [7, 11) is -3.54. The van der Waals surface area contributed by atoms with E-state index in [-0.39, 0.29) is 4.90 Å². The van der Waals surface area contributed by atoms with Gasteiger partial charge in [0.2, 0.25) is 10.0 Å². The third-order valence-electron chi connectivity index (χ3n) is 3.49. The van der Waals surface area contributed by atoms with Crippen molar-refractivity contribution in [1.82, 2.24) is 4.72 Å². The second-order valence-corrected chi connectivity index (χ2v) is 7.59. The first-order valence-corrected chi connectivity index (χ1v) is 8.37. The van der Waals surface area contributed by atoms with Crippen molar-refractivity contribution in [3.05, 3.63) is 65.2 Å². The Morgan fingerprint density at radius 2 is 1.24 bits per heavy atom. The van der Waals surface area contributed by atoms with Crippen molar-refractivity contribution in [3.8, 4) is 0 Å². The van der Waals surface area contributed by atoms with Gasteiger partial charge in [0, 0.05) is 0 Å². The lowest BCUT2D eigenvalue weighted by atomic mass is 9.95. The molecule has 0 aliphatic heterocycles. The van der Waals surface area contributed by atoms with E-state index in [2.05, 4.69) is 4.72 Å². The molecule has 0 aliphatic carbocycles. The minimum absolute atomic E-state index is 0.285. The molecule has 0 fully saturated rings. The maximum atomic E-state index is 12.5. The van der Waals surface area contributed by atoms with E-state index in [9.17, 15) is 8.42 Å². The molecule has 2 rings (SSSR count). The van der Waals surface area contributed by atoms with Crippen LogP contribution < -0.4 is 4.72 Å². The number of hydrogen-bond acceptors (Lipinski definition) is 2. The Balaban J connectivity index is 2.30. The molecular weight excluding hydrogens is 282 g/mol. The highest BCUT2D eigenvalue weighted by molar-refractivity contribution is 7.89. The van der Waals surface area contributed by atoms with Gasteiger partial charge in [-0.3, -0.25) is 0 Å². The van der Waals surface area contributed by atoms with Crippen LogP contribution in [0.15, 0.2) is 53.4 Å². The highest BCUT2D eigenvalue weighted by Gasteiger charge is 2.27. The molecule has 1 N–H and O–H groups in total. The minimum Gasteiger partial charge on any atom is -0.207 e. The largest absolute Gasteiger partial charge is 0.241 e. The van der Waals surface area contributed by atoms with Gasteiger partial charge in [0.1, 0.15) is 0 Å². The van der Waals surface area contributed by atoms with Gasteiger partial charge in [-0.15, -0.1) is 0 Å². The predicted molar refractivity (Wildman–Crippen MR) is 85.7 cm³/mol. The van der Waals surface area contributed by atoms with Gasteiger partial charge in [0.25, 0.3) is 0 Å². The summed E-state index contributed by atoms with van der Waals surface area (Å²) >= 11 is 0. The molecule has 3 nitrogen and oxygen atoms in total. The average molecular weight is 303 g/mol. The number of sulfonamides is 1. The molecule has 0 unspecified atom stereocenters. The Labute approximate surface area is 127 Å². The predicted octanol–water partition coefficient (Wildman–Crippen LogP) is 3.52. The standard InChI is InChI=1S/C17H21NO2S/c1-13-5-9-15(10-6-13)17(3,4)18-21(19,20)16-11-7-14(2)8-12-16/h5-12,18H,1-4H3. The van der Waals surface area contributed by atoms with Crippen molar-refractivity contribution in [1.29, 1.82) is 0 Å². The quantitative estimate of drug-likeness (QED) is 0.939. The van der Waals surface area contributed by atoms with Crippen molar-refractivity contribution in [3.63, 3.8) is 0 Å². The summed E-state index contributed by atoms with van der Waals surface area (Å²) in [5, 5.41) is 0. The van der Waals surface area contributed by atoms with Crippen LogP contribution in [0.5, 0.6) is 0 Å². The van der Waals surface area contributed by atoms with E-state index in [0.29, 0.717) is 0 Å². The average Bonchev–Trinajstić information content (AvgIpc) is 2.38. The fourth-order valence-electron chi connectivity index (χ4n) is 2.14. The van der Waals surface area contributed by atoms with Crippen molar-refractivity contribution in [2.24, 2.45) is 0 Å². The number of benzene rings is 2. The lowest BCUT2D eigenvalue weighted by molar-refractivity contribution is 0.472. The maximum absolute atomic E-state index is 12.5. The van der Waals surface area contributed by atoms with Gasteiger partial charge in [-0.1, -0.05) is 47.5 Å². The van der Waals surface area contributed by atoms with Crippen LogP contribution in [0.25, 0.3) is 0 Å². The molecule has 2 aromatic carbocycles. The molecule has 4 heteroatoms. The second kappa shape index (κ2) is 5.62. The lowest BCUT2D eigenvalue weighted by Gasteiger charge is -2.26. The van der Waals surface area contributed by atoms with Crippen LogP contribution in [0.2, 0.25) is 0 Å². The zero-order valence-corrected chi connectivity index (χ0v) is 13.7. The summed E-state index contributed by atoms with van der Waals surface area (Å²) < 4.78 is 27.8. The van der Waals surface area contributed by atoms with E-state index < -0.39 is 15.6 Å². The van der Waals surface area contributed by atoms with Crippen molar-refractivity contribution >= 4 is 10.0 Å². The Kier molecular flexibility index (Phi) is 4.21. The topological polar surface area (TPSA) is 46.2 Å². The SMILES string of the molecule is Cc1ccc(C(C)(C)NS(=O)(=O)c2ccc(C)cc2)cc1. The van der Waals surface area contributed by atoms with Crippen molar-refractivity contribution in [2.45, 2.75) is 38.1 Å². The van der Waals surface area contributed by atoms with E-state index in [0.717, 1.165) is 16.7 Å². The zero-order chi connectivity index (χ0) is 15.7. The summed E-state index contributed by atoms with van der Waals surface area (Å²) in [6.45, 7) is 7.67. The third-order valence-corrected chi connectivity index (χ3v) is 5.17. The highest BCUT2D eigenvalue weighted by atomic mass is 32.2. The monoisotopic (exact) mass is 303 g/mol. The maximum Gasteiger partial charge on any atom is 0.241 e. The third kappa shape index (κ3) is 3.71. The van der Waals surface area contributed by atoms with Gasteiger partial charge in [0.05, 0.1) is 10.4 Å². The van der Waals surface area contributed by atoms with E-state index in [1.165, 1.54) is 0 Å². The lowest BCUT2D eigenvalue weighted by Crippen LogP contribution is -2.40. The molecule has 0 saturated carbocycles. The van der Waals surface area contributed by atoms with Crippen LogP contribution in [-0.2, 0) is 15.6 Å². The molecule has 0 aromatic heterocycles. The Bertz CT molecular complexity index is 714. The first-order chi connectivity index (χ1) is 9.71. The van der Waals surface area contributed by atoms with Gasteiger partial charge in [0.15, 0.2) is 0 Å². The van der Waals surface area contributed by atoms with Gasteiger partial charge >= 0.3 is 0 Å². The van der Waals surface area contributed by atoms with Crippen molar-refractivity contribution < 1.29 is 8.42 Å². The fourth-order valence-corrected chi connectivity index (χ4v) is 3.54. The van der Waals surface area contributed by atoms with Crippen LogP contribution in [0.1, 0.15) is 30.5 Å². The molecule has 0 aliphatic rings. The second-order valence-electron chi connectivity index (χ2n) is 5.91. The van der Waals surface area contributed by atoms with Crippen LogP contribution in [0.4, 0.5) is 0 Å². The molecule has 0 heterocycles. The molecule has 0 spiro atoms. The summed E-state index contributed by atoms with van der Waals surface area (Å²) in [5.41, 5.74) is 2.45. The number of rotatable bonds is 4. The number of nitrogens with one attached hydrogen (secondary N) is 1. The summed E-state index contributed by atoms with van der Waals surface area (Å²) in [6.07, 6.45) is 0. The molecule has 0 saturated heterocycles. The molecule has 0 amide bonds. The van der Waals surface area contributed by atoms with Gasteiger partial charge in [-0.2, -0.15) is 0 Å². The molecule has 112 valence electrons. The molecule has 0 bridgehead atoms. The summed E-state index contributed by atoms with van der Waals surface area (Å²) in [5.74, 6) is 0. The van der Waals surface area contributed by atoms with Crippen LogP contribution >= 0.6 is 0 Å². The van der Waals surface area contributed by atoms with Gasteiger partial charge < -0.3 is 0 Å². The molecule has 2 aromatic rings. The Morgan fingerprint density at radius 3 is 1.71 bits per heavy atom. The van der Waals surface area contributed by atoms with E-state index in [4.69, 9.17) is 0 Å². The fraction of sp³-hybridized carbons (Fsp3) is 0.294. The Morgan fingerprint density at radius 1 is 0.810 bits per heavy atom. The van der Waals surface area contributed by atoms with Gasteiger partial charge in [-0.05, 0) is 45.4 Å². The zero-order valence-electron chi connectivity index (χ0n) is 12.8. The summed E-state index contributed by atoms with van der Waals surface area (Å²) in [4.78, 5) is 0.285. The molecule has 21 heavy (non-hydrogen) atoms. The van der Waals surface area contributed by atoms with E-state index in [1.807, 2.05) is 52.0 Å². The molecule has 0 radical (unpaired) electrons. The van der Waals surface area contributed by atoms with Crippen LogP contribution in [0, 0.1) is 13.8 Å². The first-order valence-electron chi connectivity index (χ1n) is 6.88. The van der Waals surface area contributed by atoms with E-state index in [1.54, 1.807) is 24.3 Å². The smallest absolute Gasteiger partial charge is 0.207 e. The van der Waals surface area contributed by atoms with Gasteiger partial charge in [-0.25, -0.2) is 13.1 Å². The first kappa shape index (κ1) is 15.7. The molecule has 0 atom stereocenters. The number of hydrogen-bond donors (Lipinski definition) is 1.